The Kier molecular flexibility index (Phi) is 25.7. The molecule has 0 saturated heterocycles. The number of carbonyl (C=O) groups is 2. The van der Waals surface area contributed by atoms with Crippen molar-refractivity contribution in [2.45, 2.75) is 104 Å². The third-order valence-corrected chi connectivity index (χ3v) is 3.32. The van der Waals surface area contributed by atoms with Crippen LogP contribution < -0.4 is 11.5 Å². The van der Waals surface area contributed by atoms with Crippen LogP contribution in [0.5, 0.6) is 0 Å². The fourth-order valence-electron chi connectivity index (χ4n) is 1.42. The smallest absolute Gasteiger partial charge is 0.325 e. The average molecular weight is 429 g/mol. The number of nitrogens with two attached hydrogens (primary N) is 2. The highest BCUT2D eigenvalue weighted by Gasteiger charge is 2.23. The van der Waals surface area contributed by atoms with E-state index in [9.17, 15) is 9.59 Å². The molecule has 0 aliphatic rings. The van der Waals surface area contributed by atoms with Crippen molar-refractivity contribution in [3.8, 4) is 0 Å². The second-order valence-electron chi connectivity index (χ2n) is 7.73. The lowest BCUT2D eigenvalue weighted by atomic mass is 10.1. The number of ether oxygens (including phenoxy) is 1. The number of halogens is 1. The van der Waals surface area contributed by atoms with Gasteiger partial charge in [0.1, 0.15) is 11.1 Å². The third kappa shape index (κ3) is 29.9. The minimum Gasteiger partial charge on any atom is -0.480 e. The molecule has 7 nitrogen and oxygen atoms in total. The summed E-state index contributed by atoms with van der Waals surface area (Å²) in [6.07, 6.45) is 9.13. The molecule has 0 aromatic heterocycles. The molecule has 0 aliphatic heterocycles. The van der Waals surface area contributed by atoms with E-state index >= 15 is 0 Å². The first-order valence-corrected chi connectivity index (χ1v) is 9.93. The number of rotatable bonds is 11. The highest BCUT2D eigenvalue weighted by Crippen LogP contribution is 2.03. The fraction of sp³-hybridized carbons (Fsp3) is 0.900. The lowest BCUT2D eigenvalue weighted by Gasteiger charge is -2.16. The summed E-state index contributed by atoms with van der Waals surface area (Å²) >= 11 is 0. The van der Waals surface area contributed by atoms with Crippen molar-refractivity contribution in [3.63, 3.8) is 0 Å². The van der Waals surface area contributed by atoms with E-state index in [0.717, 1.165) is 19.3 Å². The topological polar surface area (TPSA) is 136 Å². The van der Waals surface area contributed by atoms with Gasteiger partial charge in [-0.15, -0.1) is 12.4 Å². The number of carboxylic acids is 1. The standard InChI is InChI=1S/C10H21NO2.C6H14O.C4H9NO2.ClH/c1-4-5-6-7-8-13-9(12)10(2,3)11;1-2-3-4-5-6-7;1-4(2,5)3(6)7;/h4-8,11H2,1-3H3;7H,2-6H2,1H3;5H2,1-2H3,(H,6,7);1H. The normalized spacial score (nSPS) is 10.5. The SMILES string of the molecule is CC(C)(N)C(=O)O.CCCCCCO.CCCCCCOC(=O)C(C)(C)N.Cl. The van der Waals surface area contributed by atoms with E-state index in [0.29, 0.717) is 13.2 Å². The Labute approximate surface area is 178 Å². The molecular formula is C20H45ClN2O5. The predicted molar refractivity (Wildman–Crippen MR) is 118 cm³/mol. The van der Waals surface area contributed by atoms with Gasteiger partial charge in [0.2, 0.25) is 0 Å². The number of unbranched alkanes of at least 4 members (excludes halogenated alkanes) is 6. The van der Waals surface area contributed by atoms with Gasteiger partial charge in [-0.05, 0) is 40.5 Å². The molecule has 0 radical (unpaired) electrons. The van der Waals surface area contributed by atoms with Crippen molar-refractivity contribution in [3.05, 3.63) is 0 Å². The van der Waals surface area contributed by atoms with E-state index in [1.807, 2.05) is 0 Å². The van der Waals surface area contributed by atoms with Crippen LogP contribution in [0.4, 0.5) is 0 Å². The Morgan fingerprint density at radius 3 is 1.50 bits per heavy atom. The second-order valence-corrected chi connectivity index (χ2v) is 7.73. The van der Waals surface area contributed by atoms with Crippen molar-refractivity contribution < 1.29 is 24.5 Å². The Balaban J connectivity index is -0.000000165. The Hall–Kier alpha value is -0.890. The summed E-state index contributed by atoms with van der Waals surface area (Å²) in [7, 11) is 0. The molecule has 0 amide bonds. The molecule has 0 aromatic rings. The van der Waals surface area contributed by atoms with Gasteiger partial charge in [0, 0.05) is 6.61 Å². The lowest BCUT2D eigenvalue weighted by molar-refractivity contribution is -0.149. The third-order valence-electron chi connectivity index (χ3n) is 3.32. The maximum Gasteiger partial charge on any atom is 0.325 e. The van der Waals surface area contributed by atoms with Gasteiger partial charge in [0.25, 0.3) is 0 Å². The molecule has 8 heteroatoms. The maximum absolute atomic E-state index is 11.2. The van der Waals surface area contributed by atoms with E-state index in [-0.39, 0.29) is 18.4 Å². The van der Waals surface area contributed by atoms with E-state index < -0.39 is 17.0 Å². The second kappa shape index (κ2) is 20.8. The van der Waals surface area contributed by atoms with Crippen LogP contribution in [0.1, 0.15) is 92.9 Å². The summed E-state index contributed by atoms with van der Waals surface area (Å²) in [5, 5.41) is 16.4. The Morgan fingerprint density at radius 2 is 1.21 bits per heavy atom. The number of carboxylic acid groups (broad SMARTS) is 1. The first-order valence-electron chi connectivity index (χ1n) is 9.93. The molecule has 0 rings (SSSR count). The lowest BCUT2D eigenvalue weighted by Crippen LogP contribution is -2.42. The summed E-state index contributed by atoms with van der Waals surface area (Å²) in [5.74, 6) is -1.29. The number of carbonyl (C=O) groups excluding carboxylic acids is 1. The van der Waals surface area contributed by atoms with E-state index in [1.54, 1.807) is 13.8 Å². The van der Waals surface area contributed by atoms with Gasteiger partial charge in [0.05, 0.1) is 6.61 Å². The number of hydrogen-bond donors (Lipinski definition) is 4. The largest absolute Gasteiger partial charge is 0.480 e. The van der Waals surface area contributed by atoms with Gasteiger partial charge >= 0.3 is 11.9 Å². The van der Waals surface area contributed by atoms with Crippen LogP contribution in [0, 0.1) is 0 Å². The predicted octanol–water partition coefficient (Wildman–Crippen LogP) is 3.64. The van der Waals surface area contributed by atoms with Gasteiger partial charge in [-0.3, -0.25) is 9.59 Å². The van der Waals surface area contributed by atoms with Crippen LogP contribution in [0.25, 0.3) is 0 Å². The number of hydrogen-bond acceptors (Lipinski definition) is 6. The number of aliphatic hydroxyl groups excluding tert-OH is 1. The summed E-state index contributed by atoms with van der Waals surface area (Å²) < 4.78 is 4.99. The highest BCUT2D eigenvalue weighted by atomic mass is 35.5. The number of aliphatic carboxylic acids is 1. The molecule has 0 fully saturated rings. The quantitative estimate of drug-likeness (QED) is 0.291. The monoisotopic (exact) mass is 428 g/mol. The van der Waals surface area contributed by atoms with Crippen LogP contribution in [-0.4, -0.2) is 46.4 Å². The zero-order valence-corrected chi connectivity index (χ0v) is 19.6. The molecule has 0 atom stereocenters. The molecule has 0 heterocycles. The Morgan fingerprint density at radius 1 is 0.821 bits per heavy atom. The van der Waals surface area contributed by atoms with Gasteiger partial charge in [-0.2, -0.15) is 0 Å². The van der Waals surface area contributed by atoms with Gasteiger partial charge in [0.15, 0.2) is 0 Å². The van der Waals surface area contributed by atoms with Gasteiger partial charge in [-0.1, -0.05) is 52.4 Å². The molecule has 0 spiro atoms. The van der Waals surface area contributed by atoms with Gasteiger partial charge < -0.3 is 26.4 Å². The van der Waals surface area contributed by atoms with Crippen molar-refractivity contribution in [2.75, 3.05) is 13.2 Å². The molecule has 0 bridgehead atoms. The molecule has 6 N–H and O–H groups in total. The molecule has 172 valence electrons. The van der Waals surface area contributed by atoms with E-state index in [2.05, 4.69) is 13.8 Å². The van der Waals surface area contributed by atoms with Crippen LogP contribution in [-0.2, 0) is 14.3 Å². The molecular weight excluding hydrogens is 384 g/mol. The minimum absolute atomic E-state index is 0. The zero-order valence-electron chi connectivity index (χ0n) is 18.8. The molecule has 0 unspecified atom stereocenters. The molecule has 0 aromatic carbocycles. The Bertz CT molecular complexity index is 363. The molecule has 28 heavy (non-hydrogen) atoms. The van der Waals surface area contributed by atoms with Crippen LogP contribution in [0.2, 0.25) is 0 Å². The average Bonchev–Trinajstić information content (AvgIpc) is 2.54. The van der Waals surface area contributed by atoms with Crippen LogP contribution in [0.15, 0.2) is 0 Å². The van der Waals surface area contributed by atoms with Gasteiger partial charge in [-0.25, -0.2) is 0 Å². The van der Waals surface area contributed by atoms with Crippen molar-refractivity contribution in [1.82, 2.24) is 0 Å². The summed E-state index contributed by atoms with van der Waals surface area (Å²) in [4.78, 5) is 21.0. The van der Waals surface area contributed by atoms with E-state index in [1.165, 1.54) is 46.0 Å². The van der Waals surface area contributed by atoms with Crippen molar-refractivity contribution in [2.24, 2.45) is 11.5 Å². The molecule has 0 saturated carbocycles. The van der Waals surface area contributed by atoms with Crippen LogP contribution in [0.3, 0.4) is 0 Å². The first-order chi connectivity index (χ1) is 12.3. The van der Waals surface area contributed by atoms with Crippen molar-refractivity contribution in [1.29, 1.82) is 0 Å². The first kappa shape index (κ1) is 34.6. The zero-order chi connectivity index (χ0) is 21.9. The summed E-state index contributed by atoms with van der Waals surface area (Å²) in [6.45, 7) is 11.4. The number of aliphatic hydroxyl groups is 1. The van der Waals surface area contributed by atoms with Crippen molar-refractivity contribution >= 4 is 24.3 Å². The fourth-order valence-corrected chi connectivity index (χ4v) is 1.42. The summed E-state index contributed by atoms with van der Waals surface area (Å²) in [6, 6.07) is 0. The van der Waals surface area contributed by atoms with Crippen LogP contribution >= 0.6 is 12.4 Å². The summed E-state index contributed by atoms with van der Waals surface area (Å²) in [5.41, 5.74) is 8.68. The number of esters is 1. The minimum atomic E-state index is -1.08. The maximum atomic E-state index is 11.2. The van der Waals surface area contributed by atoms with E-state index in [4.69, 9.17) is 26.4 Å². The molecule has 0 aliphatic carbocycles. The highest BCUT2D eigenvalue weighted by molar-refractivity contribution is 5.85.